The molecule has 1 aromatic carbocycles. The first-order valence-corrected chi connectivity index (χ1v) is 9.09. The lowest BCUT2D eigenvalue weighted by Crippen LogP contribution is -2.41. The van der Waals surface area contributed by atoms with Crippen LogP contribution in [-0.4, -0.2) is 54.5 Å². The van der Waals surface area contributed by atoms with Gasteiger partial charge in [0, 0.05) is 25.3 Å². The van der Waals surface area contributed by atoms with E-state index in [0.717, 1.165) is 23.9 Å². The molecule has 2 rings (SSSR count). The number of ether oxygens (including phenoxy) is 1. The Hall–Kier alpha value is -1.49. The Morgan fingerprint density at radius 3 is 2.44 bits per heavy atom. The van der Waals surface area contributed by atoms with Crippen molar-refractivity contribution in [3.8, 4) is 0 Å². The molecule has 1 saturated heterocycles. The molecule has 0 aromatic heterocycles. The number of anilines is 1. The Morgan fingerprint density at radius 1 is 1.19 bits per heavy atom. The van der Waals surface area contributed by atoms with Crippen molar-refractivity contribution in [1.29, 1.82) is 0 Å². The average Bonchev–Trinajstić information content (AvgIpc) is 2.61. The van der Waals surface area contributed by atoms with Crippen LogP contribution in [0.2, 0.25) is 0 Å². The lowest BCUT2D eigenvalue weighted by atomic mass is 10.1. The summed E-state index contributed by atoms with van der Waals surface area (Å²) in [6.45, 7) is 1.97. The van der Waals surface area contributed by atoms with E-state index < -0.39 is 17.6 Å². The van der Waals surface area contributed by atoms with Gasteiger partial charge in [0.1, 0.15) is 0 Å². The van der Waals surface area contributed by atoms with Crippen LogP contribution in [0.5, 0.6) is 0 Å². The zero-order valence-electron chi connectivity index (χ0n) is 14.4. The van der Waals surface area contributed by atoms with Crippen molar-refractivity contribution in [2.45, 2.75) is 12.7 Å². The largest absolute Gasteiger partial charge is 0.416 e. The molecule has 3 N–H and O–H groups in total. The van der Waals surface area contributed by atoms with E-state index in [1.165, 1.54) is 6.07 Å². The van der Waals surface area contributed by atoms with Crippen molar-refractivity contribution in [2.24, 2.45) is 5.73 Å². The number of benzene rings is 1. The van der Waals surface area contributed by atoms with Gasteiger partial charge >= 0.3 is 6.18 Å². The van der Waals surface area contributed by atoms with Crippen LogP contribution in [-0.2, 0) is 27.0 Å². The lowest BCUT2D eigenvalue weighted by molar-refractivity contribution is -0.137. The maximum atomic E-state index is 12.9. The van der Waals surface area contributed by atoms with Crippen LogP contribution in [0.25, 0.3) is 0 Å². The summed E-state index contributed by atoms with van der Waals surface area (Å²) >= 11 is 1.11. The van der Waals surface area contributed by atoms with Gasteiger partial charge in [-0.3, -0.25) is 9.59 Å². The number of hydrogen-bond acceptors (Lipinski definition) is 5. The van der Waals surface area contributed by atoms with Crippen LogP contribution in [0.15, 0.2) is 18.2 Å². The molecule has 1 heterocycles. The van der Waals surface area contributed by atoms with Gasteiger partial charge in [-0.1, -0.05) is 0 Å². The van der Waals surface area contributed by atoms with E-state index in [0.29, 0.717) is 26.3 Å². The van der Waals surface area contributed by atoms with Crippen molar-refractivity contribution < 1.29 is 27.5 Å². The normalized spacial score (nSPS) is 14.4. The standard InChI is InChI=1S/C16H20F3N3O3S.ClH/c17-16(18,19)12-5-11(8-20)6-13(7-12)21-14(23)9-26-10-15(24)22-1-3-25-4-2-22;/h5-7H,1-4,8-10,20H2,(H,21,23);1H. The minimum atomic E-state index is -4.52. The van der Waals surface area contributed by atoms with Gasteiger partial charge in [-0.05, 0) is 23.8 Å². The molecule has 27 heavy (non-hydrogen) atoms. The highest BCUT2D eigenvalue weighted by molar-refractivity contribution is 8.00. The molecular formula is C16H21ClF3N3O3S. The Kier molecular flexibility index (Phi) is 9.37. The first-order valence-electron chi connectivity index (χ1n) is 7.94. The molecular weight excluding hydrogens is 407 g/mol. The predicted octanol–water partition coefficient (Wildman–Crippen LogP) is 2.12. The summed E-state index contributed by atoms with van der Waals surface area (Å²) < 4.78 is 43.8. The molecule has 1 fully saturated rings. The molecule has 1 aliphatic heterocycles. The van der Waals surface area contributed by atoms with Crippen LogP contribution < -0.4 is 11.1 Å². The number of alkyl halides is 3. The van der Waals surface area contributed by atoms with Gasteiger partial charge in [-0.2, -0.15) is 13.2 Å². The second-order valence-corrected chi connectivity index (χ2v) is 6.64. The highest BCUT2D eigenvalue weighted by atomic mass is 35.5. The SMILES string of the molecule is Cl.NCc1cc(NC(=O)CSCC(=O)N2CCOCC2)cc(C(F)(F)F)c1. The summed E-state index contributed by atoms with van der Waals surface area (Å²) in [4.78, 5) is 25.6. The topological polar surface area (TPSA) is 84.7 Å². The smallest absolute Gasteiger partial charge is 0.378 e. The number of carbonyl (C=O) groups is 2. The quantitative estimate of drug-likeness (QED) is 0.726. The van der Waals surface area contributed by atoms with Crippen molar-refractivity contribution >= 4 is 41.7 Å². The van der Waals surface area contributed by atoms with Gasteiger partial charge < -0.3 is 20.7 Å². The molecule has 0 radical (unpaired) electrons. The summed E-state index contributed by atoms with van der Waals surface area (Å²) in [6.07, 6.45) is -4.52. The van der Waals surface area contributed by atoms with Gasteiger partial charge in [0.25, 0.3) is 0 Å². The minimum Gasteiger partial charge on any atom is -0.378 e. The Morgan fingerprint density at radius 2 is 1.85 bits per heavy atom. The monoisotopic (exact) mass is 427 g/mol. The molecule has 1 aromatic rings. The highest BCUT2D eigenvalue weighted by Crippen LogP contribution is 2.32. The molecule has 0 aliphatic carbocycles. The molecule has 0 spiro atoms. The maximum absolute atomic E-state index is 12.9. The van der Waals surface area contributed by atoms with Crippen molar-refractivity contribution in [2.75, 3.05) is 43.1 Å². The second kappa shape index (κ2) is 10.7. The fourth-order valence-corrected chi connectivity index (χ4v) is 3.09. The van der Waals surface area contributed by atoms with Gasteiger partial charge in [-0.15, -0.1) is 24.2 Å². The fraction of sp³-hybridized carbons (Fsp3) is 0.500. The second-order valence-electron chi connectivity index (χ2n) is 5.65. The number of nitrogens with zero attached hydrogens (tertiary/aromatic N) is 1. The number of nitrogens with two attached hydrogens (primary N) is 1. The molecule has 11 heteroatoms. The number of carbonyl (C=O) groups excluding carboxylic acids is 2. The molecule has 0 saturated carbocycles. The van der Waals surface area contributed by atoms with E-state index in [1.54, 1.807) is 4.90 Å². The van der Waals surface area contributed by atoms with Crippen LogP contribution in [0.3, 0.4) is 0 Å². The third-order valence-electron chi connectivity index (χ3n) is 3.66. The van der Waals surface area contributed by atoms with Gasteiger partial charge in [0.15, 0.2) is 0 Å². The van der Waals surface area contributed by atoms with E-state index >= 15 is 0 Å². The van der Waals surface area contributed by atoms with E-state index in [9.17, 15) is 22.8 Å². The van der Waals surface area contributed by atoms with Gasteiger partial charge in [-0.25, -0.2) is 0 Å². The number of halogens is 4. The molecule has 152 valence electrons. The number of thioether (sulfide) groups is 1. The number of amides is 2. The Bertz CT molecular complexity index is 656. The van der Waals surface area contributed by atoms with Gasteiger partial charge in [0.05, 0.1) is 30.3 Å². The maximum Gasteiger partial charge on any atom is 0.416 e. The third kappa shape index (κ3) is 7.57. The molecule has 0 unspecified atom stereocenters. The molecule has 6 nitrogen and oxygen atoms in total. The summed E-state index contributed by atoms with van der Waals surface area (Å²) in [7, 11) is 0. The van der Waals surface area contributed by atoms with E-state index in [-0.39, 0.29) is 47.6 Å². The first-order chi connectivity index (χ1) is 12.3. The summed E-state index contributed by atoms with van der Waals surface area (Å²) in [5, 5.41) is 2.42. The predicted molar refractivity (Wildman–Crippen MR) is 99.9 cm³/mol. The van der Waals surface area contributed by atoms with E-state index in [4.69, 9.17) is 10.5 Å². The van der Waals surface area contributed by atoms with Crippen molar-refractivity contribution in [1.82, 2.24) is 4.90 Å². The summed E-state index contributed by atoms with van der Waals surface area (Å²) in [6, 6.07) is 3.21. The van der Waals surface area contributed by atoms with Crippen LogP contribution in [0.4, 0.5) is 18.9 Å². The van der Waals surface area contributed by atoms with Crippen molar-refractivity contribution in [3.63, 3.8) is 0 Å². The zero-order chi connectivity index (χ0) is 19.2. The molecule has 0 bridgehead atoms. The zero-order valence-corrected chi connectivity index (χ0v) is 16.0. The number of morpholine rings is 1. The molecule has 2 amide bonds. The van der Waals surface area contributed by atoms with Crippen LogP contribution >= 0.6 is 24.2 Å². The Labute approximate surface area is 165 Å². The van der Waals surface area contributed by atoms with Crippen molar-refractivity contribution in [3.05, 3.63) is 29.3 Å². The Balaban J connectivity index is 0.00000364. The number of rotatable bonds is 6. The third-order valence-corrected chi connectivity index (χ3v) is 4.58. The average molecular weight is 428 g/mol. The van der Waals surface area contributed by atoms with Gasteiger partial charge in [0.2, 0.25) is 11.8 Å². The van der Waals surface area contributed by atoms with Crippen LogP contribution in [0.1, 0.15) is 11.1 Å². The molecule has 0 atom stereocenters. The molecule has 1 aliphatic rings. The summed E-state index contributed by atoms with van der Waals surface area (Å²) in [5.74, 6) is -0.475. The number of hydrogen-bond donors (Lipinski definition) is 2. The highest BCUT2D eigenvalue weighted by Gasteiger charge is 2.31. The summed E-state index contributed by atoms with van der Waals surface area (Å²) in [5.41, 5.74) is 4.84. The minimum absolute atomic E-state index is 0. The lowest BCUT2D eigenvalue weighted by Gasteiger charge is -2.26. The first kappa shape index (κ1) is 23.5. The van der Waals surface area contributed by atoms with E-state index in [1.807, 2.05) is 0 Å². The van der Waals surface area contributed by atoms with Crippen LogP contribution in [0, 0.1) is 0 Å². The number of nitrogens with one attached hydrogen (secondary N) is 1. The van der Waals surface area contributed by atoms with E-state index in [2.05, 4.69) is 5.32 Å². The fourth-order valence-electron chi connectivity index (χ4n) is 2.38.